The summed E-state index contributed by atoms with van der Waals surface area (Å²) in [7, 11) is 0. The molecule has 1 aromatic rings. The van der Waals surface area contributed by atoms with Gasteiger partial charge in [-0.3, -0.25) is 14.3 Å². The quantitative estimate of drug-likeness (QED) is 0.664. The Hall–Kier alpha value is -1.59. The molecule has 6 heteroatoms. The van der Waals surface area contributed by atoms with Crippen LogP contribution in [0, 0.1) is 5.82 Å². The van der Waals surface area contributed by atoms with E-state index < -0.39 is 28.5 Å². The molecule has 0 aromatic carbocycles. The van der Waals surface area contributed by atoms with Gasteiger partial charge in [-0.25, -0.2) is 4.79 Å². The lowest BCUT2D eigenvalue weighted by molar-refractivity contribution is 0.330. The van der Waals surface area contributed by atoms with Crippen LogP contribution in [-0.2, 0) is 5.54 Å². The third-order valence-corrected chi connectivity index (χ3v) is 2.54. The Labute approximate surface area is 77.8 Å². The molecule has 0 radical (unpaired) electrons. The standard InChI is InChI=1S/C8H9FN2O3/c1-8(2-3-8)11-6(13)4(9)5(12)10-7(11)14/h13H,2-3H2,1H3,(H,10,12,14). The second-order valence-electron chi connectivity index (χ2n) is 3.73. The summed E-state index contributed by atoms with van der Waals surface area (Å²) in [6.45, 7) is 1.71. The minimum absolute atomic E-state index is 0.549. The molecular formula is C8H9FN2O3. The average molecular weight is 200 g/mol. The van der Waals surface area contributed by atoms with Gasteiger partial charge in [0.25, 0.3) is 5.56 Å². The number of halogens is 1. The van der Waals surface area contributed by atoms with Gasteiger partial charge in [0, 0.05) is 5.54 Å². The van der Waals surface area contributed by atoms with Crippen LogP contribution in [0.4, 0.5) is 4.39 Å². The Morgan fingerprint density at radius 1 is 1.50 bits per heavy atom. The Balaban J connectivity index is 2.78. The smallest absolute Gasteiger partial charge is 0.331 e. The molecule has 0 amide bonds. The van der Waals surface area contributed by atoms with E-state index >= 15 is 0 Å². The number of hydrogen-bond acceptors (Lipinski definition) is 3. The van der Waals surface area contributed by atoms with Gasteiger partial charge in [0.15, 0.2) is 0 Å². The Morgan fingerprint density at radius 2 is 2.07 bits per heavy atom. The van der Waals surface area contributed by atoms with Crippen LogP contribution in [0.25, 0.3) is 0 Å². The van der Waals surface area contributed by atoms with Crippen molar-refractivity contribution < 1.29 is 9.50 Å². The van der Waals surface area contributed by atoms with Crippen molar-refractivity contribution in [3.63, 3.8) is 0 Å². The number of nitrogens with one attached hydrogen (secondary N) is 1. The second-order valence-corrected chi connectivity index (χ2v) is 3.73. The molecule has 1 fully saturated rings. The molecule has 14 heavy (non-hydrogen) atoms. The van der Waals surface area contributed by atoms with Crippen LogP contribution < -0.4 is 11.2 Å². The molecule has 1 aromatic heterocycles. The Bertz CT molecular complexity index is 498. The van der Waals surface area contributed by atoms with Crippen LogP contribution in [0.5, 0.6) is 5.88 Å². The van der Waals surface area contributed by atoms with Gasteiger partial charge in [-0.1, -0.05) is 0 Å². The van der Waals surface area contributed by atoms with Crippen molar-refractivity contribution in [1.82, 2.24) is 9.55 Å². The van der Waals surface area contributed by atoms with Crippen molar-refractivity contribution in [2.75, 3.05) is 0 Å². The van der Waals surface area contributed by atoms with Crippen LogP contribution in [0.2, 0.25) is 0 Å². The van der Waals surface area contributed by atoms with Crippen LogP contribution >= 0.6 is 0 Å². The maximum absolute atomic E-state index is 13.0. The van der Waals surface area contributed by atoms with E-state index in [2.05, 4.69) is 0 Å². The van der Waals surface area contributed by atoms with Crippen LogP contribution in [-0.4, -0.2) is 14.7 Å². The first-order chi connectivity index (χ1) is 6.46. The molecule has 5 nitrogen and oxygen atoms in total. The van der Waals surface area contributed by atoms with E-state index in [0.29, 0.717) is 12.8 Å². The van der Waals surface area contributed by atoms with Crippen molar-refractivity contribution >= 4 is 0 Å². The molecule has 0 aliphatic heterocycles. The molecule has 0 saturated heterocycles. The molecule has 1 aliphatic rings. The lowest BCUT2D eigenvalue weighted by Gasteiger charge is -2.13. The predicted octanol–water partition coefficient (Wildman–Crippen LogP) is -0.110. The van der Waals surface area contributed by atoms with Crippen LogP contribution in [0.3, 0.4) is 0 Å². The summed E-state index contributed by atoms with van der Waals surface area (Å²) >= 11 is 0. The average Bonchev–Trinajstić information content (AvgIpc) is 2.80. The second kappa shape index (κ2) is 2.46. The number of H-pyrrole nitrogens is 1. The fourth-order valence-corrected chi connectivity index (χ4v) is 1.41. The summed E-state index contributed by atoms with van der Waals surface area (Å²) < 4.78 is 13.9. The van der Waals surface area contributed by atoms with Gasteiger partial charge >= 0.3 is 5.69 Å². The first kappa shape index (κ1) is 8.98. The zero-order valence-electron chi connectivity index (χ0n) is 7.50. The van der Waals surface area contributed by atoms with Gasteiger partial charge in [-0.05, 0) is 19.8 Å². The van der Waals surface area contributed by atoms with E-state index in [4.69, 9.17) is 0 Å². The molecule has 0 bridgehead atoms. The predicted molar refractivity (Wildman–Crippen MR) is 45.8 cm³/mol. The minimum Gasteiger partial charge on any atom is -0.492 e. The summed E-state index contributed by atoms with van der Waals surface area (Å²) in [5.41, 5.74) is -2.51. The monoisotopic (exact) mass is 200 g/mol. The normalized spacial score (nSPS) is 18.1. The maximum Gasteiger partial charge on any atom is 0.331 e. The summed E-state index contributed by atoms with van der Waals surface area (Å²) in [6.07, 6.45) is 1.37. The molecular weight excluding hydrogens is 191 g/mol. The maximum atomic E-state index is 13.0. The molecule has 0 unspecified atom stereocenters. The summed E-state index contributed by atoms with van der Waals surface area (Å²) in [6, 6.07) is 0. The highest BCUT2D eigenvalue weighted by molar-refractivity contribution is 5.15. The largest absolute Gasteiger partial charge is 0.492 e. The number of hydrogen-bond donors (Lipinski definition) is 2. The summed E-state index contributed by atoms with van der Waals surface area (Å²) in [4.78, 5) is 23.8. The highest BCUT2D eigenvalue weighted by Gasteiger charge is 2.42. The highest BCUT2D eigenvalue weighted by atomic mass is 19.1. The molecule has 1 saturated carbocycles. The minimum atomic E-state index is -1.31. The molecule has 1 heterocycles. The zero-order chi connectivity index (χ0) is 10.5. The number of aromatic nitrogens is 2. The van der Waals surface area contributed by atoms with Gasteiger partial charge in [0.1, 0.15) is 0 Å². The highest BCUT2D eigenvalue weighted by Crippen LogP contribution is 2.43. The van der Waals surface area contributed by atoms with E-state index in [0.717, 1.165) is 4.57 Å². The van der Waals surface area contributed by atoms with Crippen molar-refractivity contribution in [1.29, 1.82) is 0 Å². The third-order valence-electron chi connectivity index (χ3n) is 2.54. The van der Waals surface area contributed by atoms with Crippen molar-refractivity contribution in [3.8, 4) is 5.88 Å². The van der Waals surface area contributed by atoms with Gasteiger partial charge in [-0.15, -0.1) is 0 Å². The van der Waals surface area contributed by atoms with Crippen LogP contribution in [0.15, 0.2) is 9.59 Å². The number of nitrogens with zero attached hydrogens (tertiary/aromatic N) is 1. The number of aromatic amines is 1. The van der Waals surface area contributed by atoms with E-state index in [-0.39, 0.29) is 0 Å². The van der Waals surface area contributed by atoms with Gasteiger partial charge in [0.2, 0.25) is 11.7 Å². The van der Waals surface area contributed by atoms with E-state index in [1.165, 1.54) is 0 Å². The van der Waals surface area contributed by atoms with E-state index in [1.54, 1.807) is 6.92 Å². The topological polar surface area (TPSA) is 75.1 Å². The van der Waals surface area contributed by atoms with Crippen LogP contribution in [0.1, 0.15) is 19.8 Å². The fourth-order valence-electron chi connectivity index (χ4n) is 1.41. The van der Waals surface area contributed by atoms with E-state index in [1.807, 2.05) is 4.98 Å². The molecule has 1 aliphatic carbocycles. The van der Waals surface area contributed by atoms with Crippen molar-refractivity contribution in [2.45, 2.75) is 25.3 Å². The van der Waals surface area contributed by atoms with Gasteiger partial charge < -0.3 is 5.11 Å². The Morgan fingerprint density at radius 3 is 2.57 bits per heavy atom. The SMILES string of the molecule is CC1(n2c(O)c(F)c(=O)[nH]c2=O)CC1. The Kier molecular flexibility index (Phi) is 1.58. The number of aromatic hydroxyl groups is 1. The van der Waals surface area contributed by atoms with Gasteiger partial charge in [-0.2, -0.15) is 4.39 Å². The molecule has 2 rings (SSSR count). The third kappa shape index (κ3) is 1.07. The van der Waals surface area contributed by atoms with E-state index in [9.17, 15) is 19.1 Å². The molecule has 0 spiro atoms. The molecule has 0 atom stereocenters. The fraction of sp³-hybridized carbons (Fsp3) is 0.500. The lowest BCUT2D eigenvalue weighted by atomic mass is 10.3. The van der Waals surface area contributed by atoms with Crippen molar-refractivity contribution in [2.24, 2.45) is 0 Å². The van der Waals surface area contributed by atoms with Crippen molar-refractivity contribution in [3.05, 3.63) is 26.7 Å². The molecule has 76 valence electrons. The first-order valence-electron chi connectivity index (χ1n) is 4.20. The summed E-state index contributed by atoms with van der Waals surface area (Å²) in [5, 5.41) is 9.30. The first-order valence-corrected chi connectivity index (χ1v) is 4.20. The number of rotatable bonds is 1. The lowest BCUT2D eigenvalue weighted by Crippen LogP contribution is -2.36. The summed E-state index contributed by atoms with van der Waals surface area (Å²) in [5.74, 6) is -2.18. The zero-order valence-corrected chi connectivity index (χ0v) is 7.50. The molecule has 2 N–H and O–H groups in total. The van der Waals surface area contributed by atoms with Gasteiger partial charge in [0.05, 0.1) is 0 Å².